The molecule has 2 aromatic carbocycles. The van der Waals surface area contributed by atoms with Crippen LogP contribution in [-0.2, 0) is 22.3 Å². The Labute approximate surface area is 231 Å². The van der Waals surface area contributed by atoms with Gasteiger partial charge in [0.15, 0.2) is 5.17 Å². The van der Waals surface area contributed by atoms with E-state index in [0.29, 0.717) is 48.3 Å². The standard InChI is InChI=1S/C26H24ClF3N6O2S/c1-31-23(37)15-34-6-8-35(9-7-34)25-33-24(38)22(39-25)11-16-2-5-21-18(10-16)13-32-36(21)14-17-3-4-19(27)12-20(17)26(28,29)30/h2-5,10-13H,6-9,14-15H2,1H3,(H,31,37). The van der Waals surface area contributed by atoms with Crippen LogP contribution in [0.1, 0.15) is 16.7 Å². The number of aliphatic imine (C=N–C) groups is 1. The third-order valence-corrected chi connectivity index (χ3v) is 7.84. The molecule has 1 saturated heterocycles. The van der Waals surface area contributed by atoms with Crippen LogP contribution in [-0.4, -0.2) is 76.3 Å². The number of amidine groups is 1. The van der Waals surface area contributed by atoms with Crippen molar-refractivity contribution in [3.63, 3.8) is 0 Å². The Morgan fingerprint density at radius 3 is 2.64 bits per heavy atom. The average molecular weight is 577 g/mol. The second-order valence-electron chi connectivity index (χ2n) is 9.17. The van der Waals surface area contributed by atoms with E-state index in [1.807, 2.05) is 11.0 Å². The maximum Gasteiger partial charge on any atom is 0.416 e. The fourth-order valence-electron chi connectivity index (χ4n) is 4.50. The molecule has 204 valence electrons. The first-order valence-electron chi connectivity index (χ1n) is 12.1. The van der Waals surface area contributed by atoms with Crippen LogP contribution in [0.15, 0.2) is 52.5 Å². The lowest BCUT2D eigenvalue weighted by molar-refractivity contribution is -0.138. The van der Waals surface area contributed by atoms with Crippen LogP contribution in [0, 0.1) is 0 Å². The number of nitrogens with one attached hydrogen (secondary N) is 1. The van der Waals surface area contributed by atoms with Gasteiger partial charge in [0.05, 0.1) is 35.3 Å². The Balaban J connectivity index is 1.28. The van der Waals surface area contributed by atoms with Gasteiger partial charge in [0.2, 0.25) is 5.91 Å². The van der Waals surface area contributed by atoms with Crippen molar-refractivity contribution in [2.24, 2.45) is 4.99 Å². The lowest BCUT2D eigenvalue weighted by atomic mass is 10.1. The second-order valence-corrected chi connectivity index (χ2v) is 10.6. The van der Waals surface area contributed by atoms with Crippen LogP contribution in [0.4, 0.5) is 13.2 Å². The van der Waals surface area contributed by atoms with E-state index < -0.39 is 11.7 Å². The summed E-state index contributed by atoms with van der Waals surface area (Å²) < 4.78 is 42.1. The summed E-state index contributed by atoms with van der Waals surface area (Å²) in [5, 5.41) is 8.30. The number of halogens is 4. The Morgan fingerprint density at radius 2 is 1.92 bits per heavy atom. The smallest absolute Gasteiger partial charge is 0.358 e. The molecule has 3 aromatic rings. The molecule has 5 rings (SSSR count). The number of piperazine rings is 1. The highest BCUT2D eigenvalue weighted by Crippen LogP contribution is 2.35. The van der Waals surface area contributed by atoms with E-state index in [0.717, 1.165) is 17.0 Å². The number of thioether (sulfide) groups is 1. The van der Waals surface area contributed by atoms with E-state index in [2.05, 4.69) is 20.3 Å². The molecule has 1 N–H and O–H groups in total. The highest BCUT2D eigenvalue weighted by atomic mass is 35.5. The van der Waals surface area contributed by atoms with Crippen molar-refractivity contribution in [1.29, 1.82) is 0 Å². The molecule has 8 nitrogen and oxygen atoms in total. The topological polar surface area (TPSA) is 82.8 Å². The van der Waals surface area contributed by atoms with E-state index in [9.17, 15) is 22.8 Å². The first-order chi connectivity index (χ1) is 18.6. The lowest BCUT2D eigenvalue weighted by Gasteiger charge is -2.34. The summed E-state index contributed by atoms with van der Waals surface area (Å²) in [4.78, 5) is 33.0. The van der Waals surface area contributed by atoms with Gasteiger partial charge in [-0.25, -0.2) is 0 Å². The number of likely N-dealkylation sites (N-methyl/N-ethyl adjacent to an activating group) is 1. The summed E-state index contributed by atoms with van der Waals surface area (Å²) in [7, 11) is 1.61. The van der Waals surface area contributed by atoms with Crippen LogP contribution in [0.3, 0.4) is 0 Å². The maximum atomic E-state index is 13.5. The maximum absolute atomic E-state index is 13.5. The van der Waals surface area contributed by atoms with Crippen molar-refractivity contribution in [2.75, 3.05) is 39.8 Å². The van der Waals surface area contributed by atoms with Gasteiger partial charge >= 0.3 is 6.18 Å². The van der Waals surface area contributed by atoms with Crippen molar-refractivity contribution in [2.45, 2.75) is 12.7 Å². The molecule has 2 aliphatic rings. The number of carbonyl (C=O) groups is 2. The number of fused-ring (bicyclic) bond motifs is 1. The van der Waals surface area contributed by atoms with Gasteiger partial charge in [0, 0.05) is 43.6 Å². The van der Waals surface area contributed by atoms with Gasteiger partial charge in [0.25, 0.3) is 5.91 Å². The first-order valence-corrected chi connectivity index (χ1v) is 13.3. The van der Waals surface area contributed by atoms with Gasteiger partial charge in [-0.1, -0.05) is 23.7 Å². The fraction of sp³-hybridized carbons (Fsp3) is 0.308. The Morgan fingerprint density at radius 1 is 1.15 bits per heavy atom. The average Bonchev–Trinajstić information content (AvgIpc) is 3.47. The van der Waals surface area contributed by atoms with E-state index >= 15 is 0 Å². The second kappa shape index (κ2) is 11.0. The Kier molecular flexibility index (Phi) is 7.70. The zero-order chi connectivity index (χ0) is 27.7. The largest absolute Gasteiger partial charge is 0.416 e. The van der Waals surface area contributed by atoms with Gasteiger partial charge < -0.3 is 10.2 Å². The van der Waals surface area contributed by atoms with Gasteiger partial charge in [-0.05, 0) is 53.2 Å². The molecule has 1 fully saturated rings. The van der Waals surface area contributed by atoms with E-state index in [4.69, 9.17) is 11.6 Å². The number of alkyl halides is 3. The molecule has 0 unspecified atom stereocenters. The van der Waals surface area contributed by atoms with E-state index in [-0.39, 0.29) is 28.9 Å². The number of hydrogen-bond acceptors (Lipinski definition) is 6. The van der Waals surface area contributed by atoms with Crippen LogP contribution >= 0.6 is 23.4 Å². The Bertz CT molecular complexity index is 1490. The van der Waals surface area contributed by atoms with Crippen molar-refractivity contribution in [3.8, 4) is 0 Å². The third-order valence-electron chi connectivity index (χ3n) is 6.56. The SMILES string of the molecule is CNC(=O)CN1CCN(C2=NC(=O)C(=Cc3ccc4c(cnn4Cc4ccc(Cl)cc4C(F)(F)F)c3)S2)CC1. The number of amides is 2. The first kappa shape index (κ1) is 27.2. The zero-order valence-corrected chi connectivity index (χ0v) is 22.4. The molecule has 0 radical (unpaired) electrons. The Hall–Kier alpha value is -3.35. The summed E-state index contributed by atoms with van der Waals surface area (Å²) >= 11 is 7.11. The van der Waals surface area contributed by atoms with Gasteiger partial charge in [0.1, 0.15) is 0 Å². The summed E-state index contributed by atoms with van der Waals surface area (Å²) in [5.74, 6) is -0.351. The van der Waals surface area contributed by atoms with Crippen molar-refractivity contribution >= 4 is 57.3 Å². The monoisotopic (exact) mass is 576 g/mol. The molecule has 1 aromatic heterocycles. The van der Waals surface area contributed by atoms with Crippen LogP contribution in [0.2, 0.25) is 5.02 Å². The number of aromatic nitrogens is 2. The van der Waals surface area contributed by atoms with Crippen molar-refractivity contribution in [1.82, 2.24) is 24.9 Å². The number of rotatable bonds is 5. The summed E-state index contributed by atoms with van der Waals surface area (Å²) in [6, 6.07) is 9.12. The molecule has 0 spiro atoms. The van der Waals surface area contributed by atoms with E-state index in [1.165, 1.54) is 28.6 Å². The highest BCUT2D eigenvalue weighted by molar-refractivity contribution is 8.18. The molecule has 13 heteroatoms. The normalized spacial score (nSPS) is 17.8. The number of carbonyl (C=O) groups excluding carboxylic acids is 2. The molecule has 3 heterocycles. The highest BCUT2D eigenvalue weighted by Gasteiger charge is 2.34. The summed E-state index contributed by atoms with van der Waals surface area (Å²) in [6.07, 6.45) is -1.19. The summed E-state index contributed by atoms with van der Waals surface area (Å²) in [6.45, 7) is 2.99. The number of hydrogen-bond donors (Lipinski definition) is 1. The molecule has 0 atom stereocenters. The minimum atomic E-state index is -4.53. The predicted molar refractivity (Wildman–Crippen MR) is 145 cm³/mol. The van der Waals surface area contributed by atoms with E-state index in [1.54, 1.807) is 31.5 Å². The minimum absolute atomic E-state index is 0.0174. The van der Waals surface area contributed by atoms with Gasteiger partial charge in [-0.3, -0.25) is 19.2 Å². The molecule has 2 amide bonds. The molecular formula is C26H24ClF3N6O2S. The quantitative estimate of drug-likeness (QED) is 0.461. The number of benzene rings is 2. The molecule has 2 aliphatic heterocycles. The van der Waals surface area contributed by atoms with Crippen LogP contribution in [0.5, 0.6) is 0 Å². The van der Waals surface area contributed by atoms with Crippen molar-refractivity contribution in [3.05, 3.63) is 69.2 Å². The number of nitrogens with zero attached hydrogens (tertiary/aromatic N) is 5. The van der Waals surface area contributed by atoms with Crippen LogP contribution < -0.4 is 5.32 Å². The predicted octanol–water partition coefficient (Wildman–Crippen LogP) is 4.09. The molecule has 0 aliphatic carbocycles. The lowest BCUT2D eigenvalue weighted by Crippen LogP contribution is -2.50. The van der Waals surface area contributed by atoms with Crippen molar-refractivity contribution < 1.29 is 22.8 Å². The zero-order valence-electron chi connectivity index (χ0n) is 20.8. The molecule has 0 bridgehead atoms. The van der Waals surface area contributed by atoms with Gasteiger partial charge in [-0.15, -0.1) is 0 Å². The minimum Gasteiger partial charge on any atom is -0.358 e. The van der Waals surface area contributed by atoms with Gasteiger partial charge in [-0.2, -0.15) is 23.3 Å². The molecular weight excluding hydrogens is 553 g/mol. The summed E-state index contributed by atoms with van der Waals surface area (Å²) in [5.41, 5.74) is 0.694. The molecule has 0 saturated carbocycles. The molecule has 39 heavy (non-hydrogen) atoms. The third kappa shape index (κ3) is 6.13. The fourth-order valence-corrected chi connectivity index (χ4v) is 5.63. The van der Waals surface area contributed by atoms with Crippen LogP contribution in [0.25, 0.3) is 17.0 Å².